The summed E-state index contributed by atoms with van der Waals surface area (Å²) in [6.07, 6.45) is 8.39. The van der Waals surface area contributed by atoms with Crippen LogP contribution in [0.3, 0.4) is 0 Å². The number of aromatic nitrogens is 2. The Kier molecular flexibility index (Phi) is 6.11. The summed E-state index contributed by atoms with van der Waals surface area (Å²) in [4.78, 5) is 14.5. The van der Waals surface area contributed by atoms with E-state index < -0.39 is 9.84 Å². The minimum Gasteiger partial charge on any atom is -0.353 e. The molecule has 0 radical (unpaired) electrons. The molecule has 1 aromatic heterocycles. The quantitative estimate of drug-likeness (QED) is 0.804. The molecule has 0 bridgehead atoms. The van der Waals surface area contributed by atoms with Crippen LogP contribution < -0.4 is 5.32 Å². The fourth-order valence-corrected chi connectivity index (χ4v) is 5.25. The van der Waals surface area contributed by atoms with Gasteiger partial charge in [-0.3, -0.25) is 9.48 Å². The molecule has 3 rings (SSSR count). The van der Waals surface area contributed by atoms with Crippen molar-refractivity contribution in [3.63, 3.8) is 0 Å². The number of nitrogens with zero attached hydrogens (tertiary/aromatic N) is 3. The molecule has 2 aliphatic heterocycles. The SMILES string of the molecule is O=C(CCCn1cccn1)NC1CCN(C2CCS(=O)(=O)CC2)CC1. The molecule has 8 heteroatoms. The molecule has 0 spiro atoms. The standard InChI is InChI=1S/C17H28N4O3S/c22-17(3-1-9-21-10-2-8-18-21)19-15-4-11-20(12-5-15)16-6-13-25(23,24)14-7-16/h2,8,10,15-16H,1,3-7,9,11-14H2,(H,19,22). The normalized spacial score (nSPS) is 22.7. The van der Waals surface area contributed by atoms with Crippen molar-refractivity contribution < 1.29 is 13.2 Å². The van der Waals surface area contributed by atoms with E-state index in [9.17, 15) is 13.2 Å². The number of likely N-dealkylation sites (tertiary alicyclic amines) is 1. The van der Waals surface area contributed by atoms with E-state index in [4.69, 9.17) is 0 Å². The third-order valence-corrected chi connectivity index (χ3v) is 7.00. The van der Waals surface area contributed by atoms with E-state index in [2.05, 4.69) is 15.3 Å². The molecular weight excluding hydrogens is 340 g/mol. The molecule has 0 atom stereocenters. The van der Waals surface area contributed by atoms with E-state index in [0.29, 0.717) is 24.0 Å². The van der Waals surface area contributed by atoms with Crippen molar-refractivity contribution in [2.45, 2.75) is 57.2 Å². The molecule has 2 saturated heterocycles. The van der Waals surface area contributed by atoms with Gasteiger partial charge < -0.3 is 10.2 Å². The molecule has 1 N–H and O–H groups in total. The topological polar surface area (TPSA) is 84.3 Å². The first kappa shape index (κ1) is 18.4. The number of nitrogens with one attached hydrogen (secondary N) is 1. The van der Waals surface area contributed by atoms with E-state index in [-0.39, 0.29) is 11.9 Å². The van der Waals surface area contributed by atoms with Crippen molar-refractivity contribution in [3.8, 4) is 0 Å². The highest BCUT2D eigenvalue weighted by Gasteiger charge is 2.30. The first-order chi connectivity index (χ1) is 12.0. The van der Waals surface area contributed by atoms with Crippen molar-refractivity contribution in [2.24, 2.45) is 0 Å². The summed E-state index contributed by atoms with van der Waals surface area (Å²) in [5.74, 6) is 0.768. The highest BCUT2D eigenvalue weighted by molar-refractivity contribution is 7.91. The van der Waals surface area contributed by atoms with Crippen LogP contribution in [-0.2, 0) is 21.2 Å². The van der Waals surface area contributed by atoms with E-state index in [1.54, 1.807) is 6.20 Å². The predicted octanol–water partition coefficient (Wildman–Crippen LogP) is 0.821. The van der Waals surface area contributed by atoms with Crippen molar-refractivity contribution in [3.05, 3.63) is 18.5 Å². The number of hydrogen-bond donors (Lipinski definition) is 1. The summed E-state index contributed by atoms with van der Waals surface area (Å²) in [6, 6.07) is 2.53. The second kappa shape index (κ2) is 8.31. The van der Waals surface area contributed by atoms with Crippen molar-refractivity contribution in [1.82, 2.24) is 20.0 Å². The largest absolute Gasteiger partial charge is 0.353 e. The number of rotatable bonds is 6. The van der Waals surface area contributed by atoms with Crippen LogP contribution in [0, 0.1) is 0 Å². The first-order valence-electron chi connectivity index (χ1n) is 9.23. The second-order valence-corrected chi connectivity index (χ2v) is 9.44. The molecule has 1 aromatic rings. The maximum Gasteiger partial charge on any atom is 0.220 e. The average Bonchev–Trinajstić information content (AvgIpc) is 3.09. The number of amides is 1. The molecule has 0 aromatic carbocycles. The Morgan fingerprint density at radius 2 is 1.88 bits per heavy atom. The lowest BCUT2D eigenvalue weighted by Gasteiger charge is -2.39. The molecule has 7 nitrogen and oxygen atoms in total. The minimum absolute atomic E-state index is 0.120. The van der Waals surface area contributed by atoms with Crippen molar-refractivity contribution >= 4 is 15.7 Å². The Bertz CT molecular complexity index is 637. The highest BCUT2D eigenvalue weighted by atomic mass is 32.2. The lowest BCUT2D eigenvalue weighted by atomic mass is 10.0. The third kappa shape index (κ3) is 5.54. The van der Waals surface area contributed by atoms with E-state index in [0.717, 1.165) is 51.7 Å². The summed E-state index contributed by atoms with van der Waals surface area (Å²) in [5.41, 5.74) is 0. The summed E-state index contributed by atoms with van der Waals surface area (Å²) >= 11 is 0. The number of carbonyl (C=O) groups is 1. The maximum absolute atomic E-state index is 12.1. The molecule has 2 fully saturated rings. The summed E-state index contributed by atoms with van der Waals surface area (Å²) in [5, 5.41) is 7.28. The Morgan fingerprint density at radius 1 is 1.16 bits per heavy atom. The van der Waals surface area contributed by atoms with Gasteiger partial charge >= 0.3 is 0 Å². The van der Waals surface area contributed by atoms with Gasteiger partial charge in [0.2, 0.25) is 5.91 Å². The Morgan fingerprint density at radius 3 is 2.52 bits per heavy atom. The van der Waals surface area contributed by atoms with Gasteiger partial charge in [0, 0.05) is 50.5 Å². The lowest BCUT2D eigenvalue weighted by molar-refractivity contribution is -0.122. The van der Waals surface area contributed by atoms with Gasteiger partial charge in [0.15, 0.2) is 0 Å². The fourth-order valence-electron chi connectivity index (χ4n) is 3.79. The molecule has 0 unspecified atom stereocenters. The van der Waals surface area contributed by atoms with Crippen LogP contribution in [0.5, 0.6) is 0 Å². The van der Waals surface area contributed by atoms with E-state index >= 15 is 0 Å². The third-order valence-electron chi connectivity index (χ3n) is 5.29. The zero-order chi connectivity index (χ0) is 17.7. The van der Waals surface area contributed by atoms with Gasteiger partial charge in [-0.2, -0.15) is 5.10 Å². The highest BCUT2D eigenvalue weighted by Crippen LogP contribution is 2.22. The van der Waals surface area contributed by atoms with Gasteiger partial charge in [-0.1, -0.05) is 0 Å². The van der Waals surface area contributed by atoms with Crippen LogP contribution in [0.2, 0.25) is 0 Å². The van der Waals surface area contributed by atoms with Gasteiger partial charge in [0.25, 0.3) is 0 Å². The number of carbonyl (C=O) groups excluding carboxylic acids is 1. The molecule has 1 amide bonds. The summed E-state index contributed by atoms with van der Waals surface area (Å²) in [6.45, 7) is 2.66. The summed E-state index contributed by atoms with van der Waals surface area (Å²) in [7, 11) is -2.80. The van der Waals surface area contributed by atoms with Crippen LogP contribution in [0.4, 0.5) is 0 Å². The minimum atomic E-state index is -2.80. The predicted molar refractivity (Wildman–Crippen MR) is 95.9 cm³/mol. The number of aryl methyl sites for hydroxylation is 1. The van der Waals surface area contributed by atoms with E-state index in [1.165, 1.54) is 0 Å². The fraction of sp³-hybridized carbons (Fsp3) is 0.765. The van der Waals surface area contributed by atoms with Crippen molar-refractivity contribution in [1.29, 1.82) is 0 Å². The molecule has 2 aliphatic rings. The van der Waals surface area contributed by atoms with Crippen LogP contribution in [0.1, 0.15) is 38.5 Å². The first-order valence-corrected chi connectivity index (χ1v) is 11.1. The smallest absolute Gasteiger partial charge is 0.220 e. The Hall–Kier alpha value is -1.41. The zero-order valence-corrected chi connectivity index (χ0v) is 15.5. The average molecular weight is 369 g/mol. The van der Waals surface area contributed by atoms with Gasteiger partial charge in [-0.05, 0) is 38.2 Å². The van der Waals surface area contributed by atoms with E-state index in [1.807, 2.05) is 16.9 Å². The second-order valence-electron chi connectivity index (χ2n) is 7.13. The van der Waals surface area contributed by atoms with Crippen LogP contribution in [0.15, 0.2) is 18.5 Å². The molecule has 0 aliphatic carbocycles. The maximum atomic E-state index is 12.1. The van der Waals surface area contributed by atoms with Gasteiger partial charge in [-0.15, -0.1) is 0 Å². The van der Waals surface area contributed by atoms with Gasteiger partial charge in [0.05, 0.1) is 11.5 Å². The Balaban J connectivity index is 1.33. The number of piperidine rings is 1. The van der Waals surface area contributed by atoms with Crippen molar-refractivity contribution in [2.75, 3.05) is 24.6 Å². The molecule has 25 heavy (non-hydrogen) atoms. The molecule has 0 saturated carbocycles. The van der Waals surface area contributed by atoms with Gasteiger partial charge in [-0.25, -0.2) is 8.42 Å². The molecule has 140 valence electrons. The number of sulfone groups is 1. The van der Waals surface area contributed by atoms with Gasteiger partial charge in [0.1, 0.15) is 9.84 Å². The lowest BCUT2D eigenvalue weighted by Crippen LogP contribution is -2.49. The summed E-state index contributed by atoms with van der Waals surface area (Å²) < 4.78 is 24.9. The molecule has 3 heterocycles. The number of hydrogen-bond acceptors (Lipinski definition) is 5. The van der Waals surface area contributed by atoms with Crippen LogP contribution in [0.25, 0.3) is 0 Å². The zero-order valence-electron chi connectivity index (χ0n) is 14.6. The molecular formula is C17H28N4O3S. The van der Waals surface area contributed by atoms with Crippen LogP contribution >= 0.6 is 0 Å². The Labute approximate surface area is 149 Å². The van der Waals surface area contributed by atoms with Crippen LogP contribution in [-0.4, -0.2) is 65.7 Å². The monoisotopic (exact) mass is 368 g/mol.